The molecule has 6 heteroatoms. The normalized spacial score (nSPS) is 11.3. The lowest BCUT2D eigenvalue weighted by molar-refractivity contribution is 0.402. The Hall–Kier alpha value is -3.33. The van der Waals surface area contributed by atoms with Crippen molar-refractivity contribution in [2.45, 2.75) is 0 Å². The predicted octanol–water partition coefficient (Wildman–Crippen LogP) is 3.78. The summed E-state index contributed by atoms with van der Waals surface area (Å²) < 4.78 is 23.8. The number of hydrogen-bond donors (Lipinski definition) is 1. The second-order valence-electron chi connectivity index (χ2n) is 5.02. The Bertz CT molecular complexity index is 970. The minimum absolute atomic E-state index is 0.304. The summed E-state index contributed by atoms with van der Waals surface area (Å²) in [6.45, 7) is 0. The Labute approximate surface area is 138 Å². The minimum Gasteiger partial charge on any atom is -0.497 e. The number of allylic oxidation sites excluding steroid dienone is 1. The van der Waals surface area contributed by atoms with Gasteiger partial charge in [0.05, 0.1) is 30.8 Å². The summed E-state index contributed by atoms with van der Waals surface area (Å²) in [5, 5.41) is 9.49. The van der Waals surface area contributed by atoms with Crippen molar-refractivity contribution in [3.05, 3.63) is 53.6 Å². The van der Waals surface area contributed by atoms with E-state index >= 15 is 0 Å². The van der Waals surface area contributed by atoms with Gasteiger partial charge in [0.1, 0.15) is 29.2 Å². The summed E-state index contributed by atoms with van der Waals surface area (Å²) >= 11 is 0. The maximum Gasteiger partial charge on any atom is 0.149 e. The summed E-state index contributed by atoms with van der Waals surface area (Å²) in [6.07, 6.45) is 1.65. The number of methoxy groups -OCH3 is 2. The lowest BCUT2D eigenvalue weighted by Gasteiger charge is -2.07. The number of nitriles is 1. The number of hydrogen-bond acceptors (Lipinski definition) is 4. The van der Waals surface area contributed by atoms with Crippen molar-refractivity contribution in [1.29, 1.82) is 5.26 Å². The van der Waals surface area contributed by atoms with Gasteiger partial charge in [0.25, 0.3) is 0 Å². The molecule has 5 nitrogen and oxygen atoms in total. The quantitative estimate of drug-likeness (QED) is 0.742. The average Bonchev–Trinajstić information content (AvgIpc) is 3.02. The van der Waals surface area contributed by atoms with Gasteiger partial charge in [0, 0.05) is 5.56 Å². The SMILES string of the molecule is COc1ccc(OC)c(/C=C(/C#N)c2nc3ccc(F)cc3[nH]2)c1. The largest absolute Gasteiger partial charge is 0.497 e. The fourth-order valence-electron chi connectivity index (χ4n) is 2.37. The summed E-state index contributed by atoms with van der Waals surface area (Å²) in [6, 6.07) is 11.6. The van der Waals surface area contributed by atoms with Crippen LogP contribution in [0.5, 0.6) is 11.5 Å². The van der Waals surface area contributed by atoms with Crippen molar-refractivity contribution in [2.75, 3.05) is 14.2 Å². The third-order valence-corrected chi connectivity index (χ3v) is 3.56. The monoisotopic (exact) mass is 323 g/mol. The first kappa shape index (κ1) is 15.6. The Balaban J connectivity index is 2.10. The second-order valence-corrected chi connectivity index (χ2v) is 5.02. The van der Waals surface area contributed by atoms with Crippen LogP contribution in [0, 0.1) is 17.1 Å². The fourth-order valence-corrected chi connectivity index (χ4v) is 2.37. The molecule has 1 aromatic heterocycles. The molecule has 1 heterocycles. The first-order valence-corrected chi connectivity index (χ1v) is 7.14. The molecule has 0 fully saturated rings. The predicted molar refractivity (Wildman–Crippen MR) is 89.1 cm³/mol. The highest BCUT2D eigenvalue weighted by molar-refractivity contribution is 5.91. The molecule has 3 aromatic rings. The van der Waals surface area contributed by atoms with E-state index < -0.39 is 0 Å². The lowest BCUT2D eigenvalue weighted by Crippen LogP contribution is -1.91. The van der Waals surface area contributed by atoms with E-state index in [-0.39, 0.29) is 5.82 Å². The molecule has 1 N–H and O–H groups in total. The van der Waals surface area contributed by atoms with E-state index in [9.17, 15) is 9.65 Å². The standard InChI is InChI=1S/C18H14FN3O2/c1-23-14-4-6-17(24-2)11(8-14)7-12(10-20)18-21-15-5-3-13(19)9-16(15)22-18/h3-9H,1-2H3,(H,21,22)/b12-7-. The lowest BCUT2D eigenvalue weighted by atomic mass is 10.1. The summed E-state index contributed by atoms with van der Waals surface area (Å²) in [5.74, 6) is 1.24. The van der Waals surface area contributed by atoms with Crippen LogP contribution < -0.4 is 9.47 Å². The van der Waals surface area contributed by atoms with Crippen LogP contribution in [0.4, 0.5) is 4.39 Å². The molecule has 0 atom stereocenters. The Morgan fingerprint density at radius 3 is 2.75 bits per heavy atom. The molecule has 0 spiro atoms. The molecule has 0 unspecified atom stereocenters. The third-order valence-electron chi connectivity index (χ3n) is 3.56. The molecule has 0 radical (unpaired) electrons. The van der Waals surface area contributed by atoms with E-state index in [0.717, 1.165) is 0 Å². The van der Waals surface area contributed by atoms with Crippen LogP contribution in [0.2, 0.25) is 0 Å². The average molecular weight is 323 g/mol. The summed E-state index contributed by atoms with van der Waals surface area (Å²) in [4.78, 5) is 7.29. The van der Waals surface area contributed by atoms with Gasteiger partial charge in [0.15, 0.2) is 0 Å². The van der Waals surface area contributed by atoms with Gasteiger partial charge in [-0.25, -0.2) is 9.37 Å². The molecular weight excluding hydrogens is 309 g/mol. The Kier molecular flexibility index (Phi) is 4.17. The van der Waals surface area contributed by atoms with Crippen LogP contribution in [0.3, 0.4) is 0 Å². The number of ether oxygens (including phenoxy) is 2. The van der Waals surface area contributed by atoms with Gasteiger partial charge >= 0.3 is 0 Å². The van der Waals surface area contributed by atoms with E-state index in [2.05, 4.69) is 16.0 Å². The number of halogens is 1. The van der Waals surface area contributed by atoms with Crippen molar-refractivity contribution in [1.82, 2.24) is 9.97 Å². The molecule has 0 aliphatic heterocycles. The molecule has 0 bridgehead atoms. The zero-order valence-electron chi connectivity index (χ0n) is 13.1. The number of aromatic nitrogens is 2. The number of aromatic amines is 1. The minimum atomic E-state index is -0.366. The number of benzene rings is 2. The highest BCUT2D eigenvalue weighted by atomic mass is 19.1. The van der Waals surface area contributed by atoms with Crippen molar-refractivity contribution < 1.29 is 13.9 Å². The number of fused-ring (bicyclic) bond motifs is 1. The first-order chi connectivity index (χ1) is 11.6. The molecule has 2 aromatic carbocycles. The van der Waals surface area contributed by atoms with E-state index in [4.69, 9.17) is 9.47 Å². The molecule has 0 saturated carbocycles. The van der Waals surface area contributed by atoms with E-state index in [1.54, 1.807) is 44.6 Å². The smallest absolute Gasteiger partial charge is 0.149 e. The van der Waals surface area contributed by atoms with Crippen LogP contribution in [-0.4, -0.2) is 24.2 Å². The number of imidazole rings is 1. The van der Waals surface area contributed by atoms with Gasteiger partial charge in [-0.3, -0.25) is 0 Å². The summed E-state index contributed by atoms with van der Waals surface area (Å²) in [5.41, 5.74) is 2.10. The second kappa shape index (κ2) is 6.42. The van der Waals surface area contributed by atoms with Crippen molar-refractivity contribution in [3.8, 4) is 17.6 Å². The highest BCUT2D eigenvalue weighted by Crippen LogP contribution is 2.28. The van der Waals surface area contributed by atoms with Crippen LogP contribution in [0.15, 0.2) is 36.4 Å². The number of nitrogens with one attached hydrogen (secondary N) is 1. The van der Waals surface area contributed by atoms with Gasteiger partial charge in [-0.15, -0.1) is 0 Å². The maximum absolute atomic E-state index is 13.3. The fraction of sp³-hybridized carbons (Fsp3) is 0.111. The number of rotatable bonds is 4. The van der Waals surface area contributed by atoms with E-state index in [0.29, 0.717) is 39.5 Å². The molecular formula is C18H14FN3O2. The third kappa shape index (κ3) is 2.92. The Morgan fingerprint density at radius 1 is 1.21 bits per heavy atom. The molecule has 120 valence electrons. The van der Waals surface area contributed by atoms with Crippen LogP contribution in [-0.2, 0) is 0 Å². The molecule has 0 aliphatic rings. The van der Waals surface area contributed by atoms with E-state index in [1.807, 2.05) is 0 Å². The van der Waals surface area contributed by atoms with Crippen LogP contribution >= 0.6 is 0 Å². The molecule has 24 heavy (non-hydrogen) atoms. The van der Waals surface area contributed by atoms with Crippen molar-refractivity contribution in [2.24, 2.45) is 0 Å². The Morgan fingerprint density at radius 2 is 2.04 bits per heavy atom. The molecule has 0 amide bonds. The zero-order valence-corrected chi connectivity index (χ0v) is 13.1. The molecule has 0 saturated heterocycles. The van der Waals surface area contributed by atoms with Crippen LogP contribution in [0.1, 0.15) is 11.4 Å². The van der Waals surface area contributed by atoms with Crippen LogP contribution in [0.25, 0.3) is 22.7 Å². The molecule has 0 aliphatic carbocycles. The van der Waals surface area contributed by atoms with Crippen molar-refractivity contribution in [3.63, 3.8) is 0 Å². The van der Waals surface area contributed by atoms with Crippen molar-refractivity contribution >= 4 is 22.7 Å². The summed E-state index contributed by atoms with van der Waals surface area (Å²) in [7, 11) is 3.11. The topological polar surface area (TPSA) is 70.9 Å². The zero-order chi connectivity index (χ0) is 17.1. The first-order valence-electron chi connectivity index (χ1n) is 7.14. The van der Waals surface area contributed by atoms with E-state index in [1.165, 1.54) is 12.1 Å². The van der Waals surface area contributed by atoms with Gasteiger partial charge in [-0.2, -0.15) is 5.26 Å². The van der Waals surface area contributed by atoms with Gasteiger partial charge in [0.2, 0.25) is 0 Å². The number of H-pyrrole nitrogens is 1. The van der Waals surface area contributed by atoms with Gasteiger partial charge in [-0.1, -0.05) is 0 Å². The highest BCUT2D eigenvalue weighted by Gasteiger charge is 2.11. The molecule has 3 rings (SSSR count). The maximum atomic E-state index is 13.3. The number of nitrogens with zero attached hydrogens (tertiary/aromatic N) is 2. The van der Waals surface area contributed by atoms with Gasteiger partial charge in [-0.05, 0) is 42.5 Å². The van der Waals surface area contributed by atoms with Gasteiger partial charge < -0.3 is 14.5 Å².